The first kappa shape index (κ1) is 14.5. The number of carbonyl (C=O) groups excluding carboxylic acids is 1. The molecule has 0 unspecified atom stereocenters. The van der Waals surface area contributed by atoms with Crippen LogP contribution < -0.4 is 10.9 Å². The Morgan fingerprint density at radius 2 is 2.18 bits per heavy atom. The smallest absolute Gasteiger partial charge is 0.267 e. The molecule has 0 aromatic carbocycles. The van der Waals surface area contributed by atoms with Crippen LogP contribution in [0.25, 0.3) is 0 Å². The van der Waals surface area contributed by atoms with Crippen molar-refractivity contribution in [2.24, 2.45) is 0 Å². The van der Waals surface area contributed by atoms with Crippen molar-refractivity contribution >= 4 is 5.91 Å². The molecule has 2 aromatic rings. The molecule has 0 bridgehead atoms. The van der Waals surface area contributed by atoms with Gasteiger partial charge < -0.3 is 9.88 Å². The lowest BCUT2D eigenvalue weighted by Crippen LogP contribution is -2.43. The van der Waals surface area contributed by atoms with E-state index in [0.717, 1.165) is 30.9 Å². The number of hydrogen-bond donors (Lipinski definition) is 1. The predicted octanol–water partition coefficient (Wildman–Crippen LogP) is 0.188. The van der Waals surface area contributed by atoms with Gasteiger partial charge in [0.05, 0.1) is 11.4 Å². The van der Waals surface area contributed by atoms with E-state index in [0.29, 0.717) is 5.69 Å². The fraction of sp³-hybridized carbons (Fsp3) is 0.467. The van der Waals surface area contributed by atoms with E-state index >= 15 is 0 Å². The summed E-state index contributed by atoms with van der Waals surface area (Å²) >= 11 is 0. The van der Waals surface area contributed by atoms with E-state index in [1.807, 2.05) is 13.1 Å². The van der Waals surface area contributed by atoms with E-state index in [2.05, 4.69) is 20.0 Å². The molecule has 1 aliphatic heterocycles. The van der Waals surface area contributed by atoms with Crippen molar-refractivity contribution in [2.75, 3.05) is 0 Å². The largest absolute Gasteiger partial charge is 0.350 e. The molecule has 1 atom stereocenters. The van der Waals surface area contributed by atoms with Gasteiger partial charge in [0.1, 0.15) is 12.4 Å². The molecule has 116 valence electrons. The van der Waals surface area contributed by atoms with Crippen molar-refractivity contribution < 1.29 is 4.79 Å². The van der Waals surface area contributed by atoms with Gasteiger partial charge in [-0.1, -0.05) is 0 Å². The van der Waals surface area contributed by atoms with E-state index in [9.17, 15) is 9.59 Å². The van der Waals surface area contributed by atoms with Gasteiger partial charge >= 0.3 is 0 Å². The molecule has 0 fully saturated rings. The van der Waals surface area contributed by atoms with Gasteiger partial charge in [0, 0.05) is 31.3 Å². The molecule has 0 spiro atoms. The zero-order chi connectivity index (χ0) is 15.7. The summed E-state index contributed by atoms with van der Waals surface area (Å²) in [6.45, 7) is 4.43. The summed E-state index contributed by atoms with van der Waals surface area (Å²) in [5.74, 6) is 0.880. The van der Waals surface area contributed by atoms with Gasteiger partial charge in [-0.3, -0.25) is 9.59 Å². The van der Waals surface area contributed by atoms with E-state index < -0.39 is 0 Å². The van der Waals surface area contributed by atoms with E-state index in [-0.39, 0.29) is 24.1 Å². The Morgan fingerprint density at radius 1 is 1.36 bits per heavy atom. The minimum Gasteiger partial charge on any atom is -0.350 e. The quantitative estimate of drug-likeness (QED) is 0.877. The van der Waals surface area contributed by atoms with Gasteiger partial charge in [0.25, 0.3) is 5.56 Å². The molecule has 2 aromatic heterocycles. The standard InChI is InChI=1S/C15H19N5O2/c1-10-3-6-15(22)20(18-10)9-14(21)17-12-4-5-13-16-11(2)7-19(13)8-12/h3,6-7,12H,4-5,8-9H2,1-2H3,(H,17,21)/t12-/m1/s1. The van der Waals surface area contributed by atoms with Crippen molar-refractivity contribution in [3.05, 3.63) is 45.9 Å². The molecular formula is C15H19N5O2. The van der Waals surface area contributed by atoms with Crippen molar-refractivity contribution in [3.63, 3.8) is 0 Å². The number of aromatic nitrogens is 4. The highest BCUT2D eigenvalue weighted by Gasteiger charge is 2.21. The second-order valence-corrected chi connectivity index (χ2v) is 5.72. The monoisotopic (exact) mass is 301 g/mol. The highest BCUT2D eigenvalue weighted by Crippen LogP contribution is 2.14. The summed E-state index contributed by atoms with van der Waals surface area (Å²) in [6, 6.07) is 3.13. The van der Waals surface area contributed by atoms with Crippen LogP contribution in [0.15, 0.2) is 23.1 Å². The molecule has 0 radical (unpaired) electrons. The molecule has 3 rings (SSSR count). The zero-order valence-corrected chi connectivity index (χ0v) is 12.7. The molecule has 7 nitrogen and oxygen atoms in total. The molecule has 7 heteroatoms. The van der Waals surface area contributed by atoms with Gasteiger partial charge in [0.15, 0.2) is 0 Å². The van der Waals surface area contributed by atoms with Crippen molar-refractivity contribution in [2.45, 2.75) is 45.8 Å². The van der Waals surface area contributed by atoms with Crippen molar-refractivity contribution in [3.8, 4) is 0 Å². The average molecular weight is 301 g/mol. The average Bonchev–Trinajstić information content (AvgIpc) is 2.82. The Bertz CT molecular complexity index is 762. The molecule has 1 N–H and O–H groups in total. The van der Waals surface area contributed by atoms with Crippen molar-refractivity contribution in [1.82, 2.24) is 24.6 Å². The Hall–Kier alpha value is -2.44. The number of aryl methyl sites for hydroxylation is 3. The minimum atomic E-state index is -0.267. The Kier molecular flexibility index (Phi) is 3.79. The summed E-state index contributed by atoms with van der Waals surface area (Å²) < 4.78 is 3.28. The molecule has 0 saturated heterocycles. The number of nitrogens with one attached hydrogen (secondary N) is 1. The fourth-order valence-corrected chi connectivity index (χ4v) is 2.78. The van der Waals surface area contributed by atoms with Crippen LogP contribution in [-0.4, -0.2) is 31.3 Å². The van der Waals surface area contributed by atoms with Crippen LogP contribution >= 0.6 is 0 Å². The minimum absolute atomic E-state index is 0.0488. The third-order valence-corrected chi connectivity index (χ3v) is 3.77. The predicted molar refractivity (Wildman–Crippen MR) is 80.4 cm³/mol. The van der Waals surface area contributed by atoms with Crippen LogP contribution in [-0.2, 0) is 24.3 Å². The highest BCUT2D eigenvalue weighted by atomic mass is 16.2. The van der Waals surface area contributed by atoms with E-state index in [4.69, 9.17) is 0 Å². The number of rotatable bonds is 3. The molecule has 3 heterocycles. The number of fused-ring (bicyclic) bond motifs is 1. The summed E-state index contributed by atoms with van der Waals surface area (Å²) in [5.41, 5.74) is 1.44. The lowest BCUT2D eigenvalue weighted by Gasteiger charge is -2.24. The SMILES string of the molecule is Cc1cn2c(n1)CC[C@@H](NC(=O)Cn1nc(C)ccc1=O)C2. The first-order valence-corrected chi connectivity index (χ1v) is 7.38. The van der Waals surface area contributed by atoms with E-state index in [1.165, 1.54) is 10.7 Å². The van der Waals surface area contributed by atoms with E-state index in [1.54, 1.807) is 13.0 Å². The Labute approximate surface area is 128 Å². The third kappa shape index (κ3) is 3.08. The summed E-state index contributed by atoms with van der Waals surface area (Å²) in [4.78, 5) is 28.2. The third-order valence-electron chi connectivity index (χ3n) is 3.77. The van der Waals surface area contributed by atoms with Crippen LogP contribution in [0.4, 0.5) is 0 Å². The first-order valence-electron chi connectivity index (χ1n) is 7.38. The van der Waals surface area contributed by atoms with Crippen LogP contribution in [0.3, 0.4) is 0 Å². The number of nitrogens with zero attached hydrogens (tertiary/aromatic N) is 4. The van der Waals surface area contributed by atoms with Gasteiger partial charge in [-0.25, -0.2) is 9.67 Å². The molecular weight excluding hydrogens is 282 g/mol. The first-order chi connectivity index (χ1) is 10.5. The van der Waals surface area contributed by atoms with Gasteiger partial charge in [-0.15, -0.1) is 0 Å². The summed E-state index contributed by atoms with van der Waals surface area (Å²) in [6.07, 6.45) is 3.71. The van der Waals surface area contributed by atoms with Gasteiger partial charge in [0.2, 0.25) is 5.91 Å². The second kappa shape index (κ2) is 5.75. The topological polar surface area (TPSA) is 81.8 Å². The van der Waals surface area contributed by atoms with Crippen LogP contribution in [0.1, 0.15) is 23.6 Å². The maximum absolute atomic E-state index is 12.1. The summed E-state index contributed by atoms with van der Waals surface area (Å²) in [7, 11) is 0. The Balaban J connectivity index is 1.63. The lowest BCUT2D eigenvalue weighted by atomic mass is 10.1. The zero-order valence-electron chi connectivity index (χ0n) is 12.7. The van der Waals surface area contributed by atoms with Gasteiger partial charge in [-0.05, 0) is 26.3 Å². The molecule has 1 aliphatic rings. The number of hydrogen-bond acceptors (Lipinski definition) is 4. The van der Waals surface area contributed by atoms with Crippen LogP contribution in [0.5, 0.6) is 0 Å². The lowest BCUT2D eigenvalue weighted by molar-refractivity contribution is -0.122. The number of imidazole rings is 1. The number of amides is 1. The Morgan fingerprint density at radius 3 is 3.00 bits per heavy atom. The maximum atomic E-state index is 12.1. The second-order valence-electron chi connectivity index (χ2n) is 5.72. The highest BCUT2D eigenvalue weighted by molar-refractivity contribution is 5.75. The number of carbonyl (C=O) groups is 1. The van der Waals surface area contributed by atoms with Gasteiger partial charge in [-0.2, -0.15) is 5.10 Å². The normalized spacial score (nSPS) is 17.1. The molecule has 22 heavy (non-hydrogen) atoms. The maximum Gasteiger partial charge on any atom is 0.267 e. The van der Waals surface area contributed by atoms with Crippen LogP contribution in [0, 0.1) is 13.8 Å². The molecule has 0 aliphatic carbocycles. The molecule has 1 amide bonds. The summed E-state index contributed by atoms with van der Waals surface area (Å²) in [5, 5.41) is 7.05. The molecule has 0 saturated carbocycles. The van der Waals surface area contributed by atoms with Crippen LogP contribution in [0.2, 0.25) is 0 Å². The fourth-order valence-electron chi connectivity index (χ4n) is 2.78. The van der Waals surface area contributed by atoms with Crippen molar-refractivity contribution in [1.29, 1.82) is 0 Å².